The summed E-state index contributed by atoms with van der Waals surface area (Å²) in [5, 5.41) is 13.4. The average molecular weight is 272 g/mol. The fourth-order valence-electron chi connectivity index (χ4n) is 1.72. The number of aliphatic carboxylic acids is 1. The van der Waals surface area contributed by atoms with Gasteiger partial charge in [0.05, 0.1) is 0 Å². The number of carbonyl (C=O) groups is 3. The third kappa shape index (κ3) is 9.04. The van der Waals surface area contributed by atoms with Gasteiger partial charge >= 0.3 is 12.0 Å². The summed E-state index contributed by atoms with van der Waals surface area (Å²) in [5.74, 6) is -1.27. The molecule has 0 aromatic heterocycles. The van der Waals surface area contributed by atoms with Crippen LogP contribution in [-0.2, 0) is 9.59 Å². The molecular formula is C13H24N2O4. The fourth-order valence-corrected chi connectivity index (χ4v) is 1.72. The van der Waals surface area contributed by atoms with Crippen LogP contribution in [0.5, 0.6) is 0 Å². The van der Waals surface area contributed by atoms with Crippen molar-refractivity contribution >= 4 is 17.9 Å². The minimum absolute atomic E-state index is 0.0324. The summed E-state index contributed by atoms with van der Waals surface area (Å²) in [6.07, 6.45) is 1.90. The predicted molar refractivity (Wildman–Crippen MR) is 71.6 cm³/mol. The van der Waals surface area contributed by atoms with E-state index < -0.39 is 17.9 Å². The molecule has 0 rings (SSSR count). The van der Waals surface area contributed by atoms with Gasteiger partial charge in [0.2, 0.25) is 5.91 Å². The lowest BCUT2D eigenvalue weighted by Crippen LogP contribution is -2.41. The van der Waals surface area contributed by atoms with Crippen molar-refractivity contribution in [3.8, 4) is 0 Å². The van der Waals surface area contributed by atoms with E-state index in [1.54, 1.807) is 6.92 Å². The molecule has 0 aliphatic rings. The Morgan fingerprint density at radius 1 is 1.11 bits per heavy atom. The Bertz CT molecular complexity index is 314. The van der Waals surface area contributed by atoms with Crippen molar-refractivity contribution in [3.05, 3.63) is 0 Å². The van der Waals surface area contributed by atoms with E-state index in [0.29, 0.717) is 12.5 Å². The first-order chi connectivity index (χ1) is 8.88. The first kappa shape index (κ1) is 17.4. The van der Waals surface area contributed by atoms with Gasteiger partial charge < -0.3 is 10.4 Å². The predicted octanol–water partition coefficient (Wildman–Crippen LogP) is 1.75. The Morgan fingerprint density at radius 2 is 1.68 bits per heavy atom. The van der Waals surface area contributed by atoms with Gasteiger partial charge in [0.15, 0.2) is 0 Å². The Hall–Kier alpha value is -1.59. The number of carboxylic acid groups (broad SMARTS) is 1. The molecule has 0 radical (unpaired) electrons. The summed E-state index contributed by atoms with van der Waals surface area (Å²) in [7, 11) is 0. The third-order valence-electron chi connectivity index (χ3n) is 3.02. The number of carboxylic acids is 1. The van der Waals surface area contributed by atoms with Crippen molar-refractivity contribution in [3.63, 3.8) is 0 Å². The van der Waals surface area contributed by atoms with Crippen molar-refractivity contribution < 1.29 is 19.5 Å². The molecule has 6 nitrogen and oxygen atoms in total. The lowest BCUT2D eigenvalue weighted by atomic mass is 10.0. The molecule has 0 bridgehead atoms. The number of nitrogens with one attached hydrogen (secondary N) is 2. The van der Waals surface area contributed by atoms with Gasteiger partial charge in [-0.2, -0.15) is 0 Å². The number of rotatable bonds is 8. The van der Waals surface area contributed by atoms with Gasteiger partial charge in [-0.15, -0.1) is 0 Å². The van der Waals surface area contributed by atoms with Crippen LogP contribution >= 0.6 is 0 Å². The summed E-state index contributed by atoms with van der Waals surface area (Å²) in [6, 6.07) is -0.514. The van der Waals surface area contributed by atoms with Crippen molar-refractivity contribution in [2.24, 2.45) is 11.8 Å². The van der Waals surface area contributed by atoms with Crippen LogP contribution in [0.25, 0.3) is 0 Å². The van der Waals surface area contributed by atoms with Crippen LogP contribution in [0.3, 0.4) is 0 Å². The van der Waals surface area contributed by atoms with E-state index in [9.17, 15) is 14.4 Å². The van der Waals surface area contributed by atoms with Gasteiger partial charge in [-0.25, -0.2) is 4.79 Å². The number of carbonyl (C=O) groups excluding carboxylic acids is 2. The van der Waals surface area contributed by atoms with Crippen LogP contribution in [-0.4, -0.2) is 29.6 Å². The van der Waals surface area contributed by atoms with Crippen molar-refractivity contribution in [2.45, 2.75) is 46.5 Å². The summed E-state index contributed by atoms with van der Waals surface area (Å²) in [5.41, 5.74) is 0. The van der Waals surface area contributed by atoms with E-state index in [-0.39, 0.29) is 18.8 Å². The second-order valence-corrected chi connectivity index (χ2v) is 4.85. The van der Waals surface area contributed by atoms with E-state index in [1.165, 1.54) is 0 Å². The zero-order valence-electron chi connectivity index (χ0n) is 11.9. The molecule has 1 atom stereocenters. The highest BCUT2D eigenvalue weighted by Crippen LogP contribution is 2.07. The fraction of sp³-hybridized carbons (Fsp3) is 0.769. The van der Waals surface area contributed by atoms with Crippen LogP contribution < -0.4 is 10.6 Å². The molecule has 0 saturated heterocycles. The highest BCUT2D eigenvalue weighted by atomic mass is 16.4. The monoisotopic (exact) mass is 272 g/mol. The number of urea groups is 1. The lowest BCUT2D eigenvalue weighted by molar-refractivity contribution is -0.138. The zero-order valence-corrected chi connectivity index (χ0v) is 11.9. The summed E-state index contributed by atoms with van der Waals surface area (Å²) < 4.78 is 0. The standard InChI is InChI=1S/C13H24N2O4/c1-4-10(5-2)8-14-13(19)15-11(16)6-9(3)7-12(17)18/h9-10H,4-8H2,1-3H3,(H,17,18)(H2,14,15,16,19). The van der Waals surface area contributed by atoms with E-state index in [1.807, 2.05) is 13.8 Å². The molecule has 0 aromatic rings. The summed E-state index contributed by atoms with van der Waals surface area (Å²) in [4.78, 5) is 33.3. The molecular weight excluding hydrogens is 248 g/mol. The molecule has 0 aliphatic carbocycles. The van der Waals surface area contributed by atoms with Crippen LogP contribution in [0.2, 0.25) is 0 Å². The summed E-state index contributed by atoms with van der Waals surface area (Å²) >= 11 is 0. The Labute approximate surface area is 113 Å². The van der Waals surface area contributed by atoms with Crippen LogP contribution in [0.1, 0.15) is 46.5 Å². The molecule has 1 unspecified atom stereocenters. The Kier molecular flexibility index (Phi) is 8.57. The van der Waals surface area contributed by atoms with E-state index in [0.717, 1.165) is 12.8 Å². The molecule has 3 amide bonds. The minimum atomic E-state index is -0.946. The third-order valence-corrected chi connectivity index (χ3v) is 3.02. The van der Waals surface area contributed by atoms with Gasteiger partial charge in [-0.05, 0) is 11.8 Å². The second kappa shape index (κ2) is 9.35. The first-order valence-electron chi connectivity index (χ1n) is 6.68. The molecule has 3 N–H and O–H groups in total. The van der Waals surface area contributed by atoms with Gasteiger partial charge in [0, 0.05) is 19.4 Å². The maximum atomic E-state index is 11.5. The largest absolute Gasteiger partial charge is 0.481 e. The van der Waals surface area contributed by atoms with Gasteiger partial charge in [-0.3, -0.25) is 14.9 Å². The van der Waals surface area contributed by atoms with E-state index in [4.69, 9.17) is 5.11 Å². The van der Waals surface area contributed by atoms with Crippen molar-refractivity contribution in [1.82, 2.24) is 10.6 Å². The molecule has 0 spiro atoms. The van der Waals surface area contributed by atoms with E-state index >= 15 is 0 Å². The van der Waals surface area contributed by atoms with Crippen LogP contribution in [0.15, 0.2) is 0 Å². The maximum absolute atomic E-state index is 11.5. The van der Waals surface area contributed by atoms with Gasteiger partial charge in [0.1, 0.15) is 0 Å². The number of amides is 3. The molecule has 6 heteroatoms. The molecule has 0 aromatic carbocycles. The smallest absolute Gasteiger partial charge is 0.321 e. The van der Waals surface area contributed by atoms with Gasteiger partial charge in [-0.1, -0.05) is 33.6 Å². The quantitative estimate of drug-likeness (QED) is 0.627. The highest BCUT2D eigenvalue weighted by molar-refractivity contribution is 5.94. The number of hydrogen-bond donors (Lipinski definition) is 3. The van der Waals surface area contributed by atoms with Gasteiger partial charge in [0.25, 0.3) is 0 Å². The molecule has 0 saturated carbocycles. The Morgan fingerprint density at radius 3 is 2.16 bits per heavy atom. The number of imide groups is 1. The minimum Gasteiger partial charge on any atom is -0.481 e. The topological polar surface area (TPSA) is 95.5 Å². The summed E-state index contributed by atoms with van der Waals surface area (Å²) in [6.45, 7) is 6.30. The molecule has 0 fully saturated rings. The molecule has 0 heterocycles. The SMILES string of the molecule is CCC(CC)CNC(=O)NC(=O)CC(C)CC(=O)O. The lowest BCUT2D eigenvalue weighted by Gasteiger charge is -2.14. The van der Waals surface area contributed by atoms with Crippen molar-refractivity contribution in [2.75, 3.05) is 6.54 Å². The average Bonchev–Trinajstić information content (AvgIpc) is 2.28. The first-order valence-corrected chi connectivity index (χ1v) is 6.68. The maximum Gasteiger partial charge on any atom is 0.321 e. The number of hydrogen-bond acceptors (Lipinski definition) is 3. The Balaban J connectivity index is 3.92. The van der Waals surface area contributed by atoms with Crippen molar-refractivity contribution in [1.29, 1.82) is 0 Å². The molecule has 19 heavy (non-hydrogen) atoms. The zero-order chi connectivity index (χ0) is 14.8. The van der Waals surface area contributed by atoms with E-state index in [2.05, 4.69) is 10.6 Å². The normalized spacial score (nSPS) is 12.0. The molecule has 0 aliphatic heterocycles. The van der Waals surface area contributed by atoms with Crippen LogP contribution in [0.4, 0.5) is 4.79 Å². The second-order valence-electron chi connectivity index (χ2n) is 4.85. The molecule has 110 valence electrons. The van der Waals surface area contributed by atoms with Crippen LogP contribution in [0, 0.1) is 11.8 Å². The highest BCUT2D eigenvalue weighted by Gasteiger charge is 2.15.